The van der Waals surface area contributed by atoms with Gasteiger partial charge in [-0.05, 0) is 36.4 Å². The van der Waals surface area contributed by atoms with Gasteiger partial charge in [0.1, 0.15) is 11.6 Å². The third kappa shape index (κ3) is 3.03. The van der Waals surface area contributed by atoms with Gasteiger partial charge in [-0.2, -0.15) is 0 Å². The topological polar surface area (TPSA) is 81.1 Å². The summed E-state index contributed by atoms with van der Waals surface area (Å²) >= 11 is 0. The van der Waals surface area contributed by atoms with Crippen molar-refractivity contribution in [1.29, 1.82) is 0 Å². The van der Waals surface area contributed by atoms with Gasteiger partial charge in [-0.1, -0.05) is 0 Å². The number of nitrogens with two attached hydrogens (primary N) is 2. The molecule has 2 rings (SSSR count). The Bertz CT molecular complexity index is 659. The van der Waals surface area contributed by atoms with Crippen molar-refractivity contribution in [2.45, 2.75) is 6.54 Å². The summed E-state index contributed by atoms with van der Waals surface area (Å²) in [7, 11) is 0. The van der Waals surface area contributed by atoms with Gasteiger partial charge in [-0.3, -0.25) is 4.79 Å². The fourth-order valence-electron chi connectivity index (χ4n) is 1.73. The summed E-state index contributed by atoms with van der Waals surface area (Å²) in [6.07, 6.45) is 0. The molecule has 0 saturated heterocycles. The van der Waals surface area contributed by atoms with Crippen LogP contribution in [0.25, 0.3) is 0 Å². The van der Waals surface area contributed by atoms with Gasteiger partial charge in [-0.15, -0.1) is 0 Å². The van der Waals surface area contributed by atoms with Crippen molar-refractivity contribution in [2.24, 2.45) is 5.73 Å². The fourth-order valence-corrected chi connectivity index (χ4v) is 1.73. The summed E-state index contributed by atoms with van der Waals surface area (Å²) in [5.74, 6) is -1.64. The van der Waals surface area contributed by atoms with Crippen molar-refractivity contribution in [2.75, 3.05) is 11.1 Å². The molecule has 0 unspecified atom stereocenters. The van der Waals surface area contributed by atoms with Gasteiger partial charge in [0, 0.05) is 17.7 Å². The molecule has 0 aromatic heterocycles. The molecular weight excluding hydrogens is 264 g/mol. The maximum absolute atomic E-state index is 13.5. The van der Waals surface area contributed by atoms with Crippen molar-refractivity contribution in [3.63, 3.8) is 0 Å². The van der Waals surface area contributed by atoms with E-state index in [9.17, 15) is 13.6 Å². The Morgan fingerprint density at radius 3 is 2.60 bits per heavy atom. The van der Waals surface area contributed by atoms with Crippen LogP contribution in [-0.2, 0) is 6.54 Å². The largest absolute Gasteiger partial charge is 0.397 e. The molecule has 4 nitrogen and oxygen atoms in total. The van der Waals surface area contributed by atoms with E-state index in [1.807, 2.05) is 0 Å². The predicted octanol–water partition coefficient (Wildman–Crippen LogP) is 2.26. The summed E-state index contributed by atoms with van der Waals surface area (Å²) in [5.41, 5.74) is 12.2. The van der Waals surface area contributed by atoms with Crippen molar-refractivity contribution in [3.05, 3.63) is 59.2 Å². The second kappa shape index (κ2) is 5.56. The quantitative estimate of drug-likeness (QED) is 0.750. The Balaban J connectivity index is 2.20. The van der Waals surface area contributed by atoms with E-state index in [0.717, 1.165) is 18.2 Å². The summed E-state index contributed by atoms with van der Waals surface area (Å²) in [4.78, 5) is 11.1. The molecule has 0 heterocycles. The molecule has 0 aliphatic rings. The predicted molar refractivity (Wildman–Crippen MR) is 73.1 cm³/mol. The Kier molecular flexibility index (Phi) is 3.84. The maximum Gasteiger partial charge on any atom is 0.248 e. The Hall–Kier alpha value is -2.63. The molecule has 0 saturated carbocycles. The number of nitrogen functional groups attached to an aromatic ring is 1. The van der Waals surface area contributed by atoms with Crippen LogP contribution in [0.5, 0.6) is 0 Å². The van der Waals surface area contributed by atoms with E-state index in [4.69, 9.17) is 11.5 Å². The molecule has 0 atom stereocenters. The van der Waals surface area contributed by atoms with Crippen molar-refractivity contribution < 1.29 is 13.6 Å². The van der Waals surface area contributed by atoms with Crippen LogP contribution in [0.3, 0.4) is 0 Å². The lowest BCUT2D eigenvalue weighted by Gasteiger charge is -2.11. The molecule has 1 amide bonds. The molecule has 0 aliphatic heterocycles. The average Bonchev–Trinajstić information content (AvgIpc) is 2.41. The lowest BCUT2D eigenvalue weighted by molar-refractivity contribution is 0.100. The van der Waals surface area contributed by atoms with Gasteiger partial charge < -0.3 is 16.8 Å². The highest BCUT2D eigenvalue weighted by atomic mass is 19.1. The standard InChI is InChI=1S/C14H13F2N3O/c15-10-2-3-11(16)9(5-10)7-19-13-6-8(14(18)20)1-4-12(13)17/h1-6,19H,7,17H2,(H2,18,20). The van der Waals surface area contributed by atoms with Crippen LogP contribution in [-0.4, -0.2) is 5.91 Å². The Labute approximate surface area is 114 Å². The number of carbonyl (C=O) groups excluding carboxylic acids is 1. The number of carbonyl (C=O) groups is 1. The summed E-state index contributed by atoms with van der Waals surface area (Å²) < 4.78 is 26.5. The van der Waals surface area contributed by atoms with Crippen molar-refractivity contribution >= 4 is 17.3 Å². The van der Waals surface area contributed by atoms with Gasteiger partial charge in [-0.25, -0.2) is 8.78 Å². The summed E-state index contributed by atoms with van der Waals surface area (Å²) in [6.45, 7) is 0.0377. The van der Waals surface area contributed by atoms with Crippen molar-refractivity contribution in [1.82, 2.24) is 0 Å². The lowest BCUT2D eigenvalue weighted by atomic mass is 10.1. The first-order chi connectivity index (χ1) is 9.47. The van der Waals surface area contributed by atoms with Gasteiger partial charge in [0.2, 0.25) is 5.91 Å². The van der Waals surface area contributed by atoms with Crippen LogP contribution < -0.4 is 16.8 Å². The number of nitrogens with one attached hydrogen (secondary N) is 1. The summed E-state index contributed by atoms with van der Waals surface area (Å²) in [5, 5.41) is 2.85. The van der Waals surface area contributed by atoms with E-state index >= 15 is 0 Å². The first kappa shape index (κ1) is 13.8. The van der Waals surface area contributed by atoms with Crippen LogP contribution in [0.2, 0.25) is 0 Å². The fraction of sp³-hybridized carbons (Fsp3) is 0.0714. The molecule has 2 aromatic rings. The Morgan fingerprint density at radius 1 is 1.15 bits per heavy atom. The highest BCUT2D eigenvalue weighted by molar-refractivity contribution is 5.94. The Morgan fingerprint density at radius 2 is 1.90 bits per heavy atom. The number of hydrogen-bond donors (Lipinski definition) is 3. The second-order valence-corrected chi connectivity index (χ2v) is 4.26. The zero-order valence-corrected chi connectivity index (χ0v) is 10.5. The number of rotatable bonds is 4. The summed E-state index contributed by atoms with van der Waals surface area (Å²) in [6, 6.07) is 7.66. The van der Waals surface area contributed by atoms with E-state index < -0.39 is 17.5 Å². The molecule has 5 N–H and O–H groups in total. The smallest absolute Gasteiger partial charge is 0.248 e. The molecule has 0 bridgehead atoms. The van der Waals surface area contributed by atoms with E-state index in [0.29, 0.717) is 11.4 Å². The van der Waals surface area contributed by atoms with E-state index in [2.05, 4.69) is 5.32 Å². The van der Waals surface area contributed by atoms with E-state index in [1.54, 1.807) is 0 Å². The number of hydrogen-bond acceptors (Lipinski definition) is 3. The monoisotopic (exact) mass is 277 g/mol. The molecule has 0 radical (unpaired) electrons. The first-order valence-corrected chi connectivity index (χ1v) is 5.84. The normalized spacial score (nSPS) is 10.3. The zero-order chi connectivity index (χ0) is 14.7. The number of primary amides is 1. The number of anilines is 2. The minimum absolute atomic E-state index is 0.0377. The first-order valence-electron chi connectivity index (χ1n) is 5.84. The minimum Gasteiger partial charge on any atom is -0.397 e. The SMILES string of the molecule is NC(=O)c1ccc(N)c(NCc2cc(F)ccc2F)c1. The van der Waals surface area contributed by atoms with Gasteiger partial charge in [0.25, 0.3) is 0 Å². The van der Waals surface area contributed by atoms with Crippen LogP contribution in [0.1, 0.15) is 15.9 Å². The highest BCUT2D eigenvalue weighted by Gasteiger charge is 2.07. The molecule has 0 spiro atoms. The molecule has 104 valence electrons. The minimum atomic E-state index is -0.593. The number of halogens is 2. The molecule has 0 aliphatic carbocycles. The third-order valence-corrected chi connectivity index (χ3v) is 2.81. The maximum atomic E-state index is 13.5. The molecule has 6 heteroatoms. The zero-order valence-electron chi connectivity index (χ0n) is 10.5. The van der Waals surface area contributed by atoms with Crippen LogP contribution >= 0.6 is 0 Å². The van der Waals surface area contributed by atoms with E-state index in [1.165, 1.54) is 18.2 Å². The molecule has 0 fully saturated rings. The number of benzene rings is 2. The second-order valence-electron chi connectivity index (χ2n) is 4.26. The van der Waals surface area contributed by atoms with Gasteiger partial charge in [0.05, 0.1) is 11.4 Å². The molecule has 20 heavy (non-hydrogen) atoms. The third-order valence-electron chi connectivity index (χ3n) is 2.81. The van der Waals surface area contributed by atoms with Crippen LogP contribution in [0.15, 0.2) is 36.4 Å². The van der Waals surface area contributed by atoms with Crippen molar-refractivity contribution in [3.8, 4) is 0 Å². The molecule has 2 aromatic carbocycles. The average molecular weight is 277 g/mol. The van der Waals surface area contributed by atoms with Crippen LogP contribution in [0, 0.1) is 11.6 Å². The van der Waals surface area contributed by atoms with Gasteiger partial charge >= 0.3 is 0 Å². The van der Waals surface area contributed by atoms with Gasteiger partial charge in [0.15, 0.2) is 0 Å². The van der Waals surface area contributed by atoms with E-state index in [-0.39, 0.29) is 17.7 Å². The highest BCUT2D eigenvalue weighted by Crippen LogP contribution is 2.21. The molecular formula is C14H13F2N3O. The lowest BCUT2D eigenvalue weighted by Crippen LogP contribution is -2.12. The number of amides is 1. The van der Waals surface area contributed by atoms with Crippen LogP contribution in [0.4, 0.5) is 20.2 Å².